The van der Waals surface area contributed by atoms with Crippen LogP contribution in [0.4, 0.5) is 10.1 Å². The monoisotopic (exact) mass is 409 g/mol. The molecule has 1 N–H and O–H groups in total. The number of nitrogens with zero attached hydrogens (tertiary/aromatic N) is 2. The summed E-state index contributed by atoms with van der Waals surface area (Å²) in [6.07, 6.45) is 2.80. The summed E-state index contributed by atoms with van der Waals surface area (Å²) in [5, 5.41) is 3.06. The van der Waals surface area contributed by atoms with Crippen LogP contribution >= 0.6 is 0 Å². The van der Waals surface area contributed by atoms with Crippen LogP contribution in [0.25, 0.3) is 0 Å². The second kappa shape index (κ2) is 8.00. The maximum atomic E-state index is 13.2. The van der Waals surface area contributed by atoms with Gasteiger partial charge in [-0.3, -0.25) is 4.79 Å². The van der Waals surface area contributed by atoms with Gasteiger partial charge in [-0.2, -0.15) is 0 Å². The minimum absolute atomic E-state index is 0.152. The Morgan fingerprint density at radius 2 is 1.80 bits per heavy atom. The number of likely N-dealkylation sites (tertiary alicyclic amines) is 1. The fourth-order valence-corrected chi connectivity index (χ4v) is 5.23. The van der Waals surface area contributed by atoms with Gasteiger partial charge < -0.3 is 19.9 Å². The Morgan fingerprint density at radius 3 is 2.53 bits per heavy atom. The highest BCUT2D eigenvalue weighted by Gasteiger charge is 2.50. The van der Waals surface area contributed by atoms with Crippen LogP contribution < -0.4 is 10.2 Å². The molecule has 2 aromatic carbocycles. The lowest BCUT2D eigenvalue weighted by Gasteiger charge is -2.43. The first-order chi connectivity index (χ1) is 14.6. The van der Waals surface area contributed by atoms with Gasteiger partial charge in [0.15, 0.2) is 0 Å². The first kappa shape index (κ1) is 19.5. The predicted octanol–water partition coefficient (Wildman–Crippen LogP) is 3.13. The van der Waals surface area contributed by atoms with E-state index in [2.05, 4.69) is 27.2 Å². The standard InChI is InChI=1S/C24H28FN3O2/c25-20-8-6-18(7-9-20)19-14-22(30-16-19)15-27-12-10-24(11-13-27)23(29)26-17-28(24)21-4-2-1-3-5-21/h1-9,19,22H,10-17H2,(H,26,29). The summed E-state index contributed by atoms with van der Waals surface area (Å²) >= 11 is 0. The van der Waals surface area contributed by atoms with Gasteiger partial charge in [0.1, 0.15) is 11.4 Å². The van der Waals surface area contributed by atoms with Gasteiger partial charge in [0, 0.05) is 31.2 Å². The molecule has 0 aromatic heterocycles. The van der Waals surface area contributed by atoms with Crippen molar-refractivity contribution in [3.8, 4) is 0 Å². The van der Waals surface area contributed by atoms with Crippen molar-refractivity contribution in [3.05, 3.63) is 66.0 Å². The molecule has 2 aromatic rings. The molecule has 3 aliphatic rings. The third-order valence-electron chi connectivity index (χ3n) is 6.97. The van der Waals surface area contributed by atoms with E-state index in [1.165, 1.54) is 12.1 Å². The van der Waals surface area contributed by atoms with E-state index in [9.17, 15) is 9.18 Å². The number of halogens is 1. The van der Waals surface area contributed by atoms with E-state index in [1.807, 2.05) is 30.3 Å². The highest BCUT2D eigenvalue weighted by atomic mass is 19.1. The highest BCUT2D eigenvalue weighted by Crippen LogP contribution is 2.37. The molecule has 158 valence electrons. The number of benzene rings is 2. The molecule has 0 bridgehead atoms. The summed E-state index contributed by atoms with van der Waals surface area (Å²) in [6, 6.07) is 17.0. The summed E-state index contributed by atoms with van der Waals surface area (Å²) in [6.45, 7) is 3.93. The van der Waals surface area contributed by atoms with E-state index in [1.54, 1.807) is 0 Å². The molecule has 3 saturated heterocycles. The number of nitrogens with one attached hydrogen (secondary N) is 1. The lowest BCUT2D eigenvalue weighted by atomic mass is 9.85. The maximum Gasteiger partial charge on any atom is 0.247 e. The van der Waals surface area contributed by atoms with Crippen LogP contribution in [0.3, 0.4) is 0 Å². The maximum absolute atomic E-state index is 13.2. The van der Waals surface area contributed by atoms with Crippen molar-refractivity contribution in [1.29, 1.82) is 0 Å². The van der Waals surface area contributed by atoms with E-state index >= 15 is 0 Å². The van der Waals surface area contributed by atoms with Crippen molar-refractivity contribution in [3.63, 3.8) is 0 Å². The van der Waals surface area contributed by atoms with Gasteiger partial charge >= 0.3 is 0 Å². The fraction of sp³-hybridized carbons (Fsp3) is 0.458. The molecule has 1 spiro atoms. The van der Waals surface area contributed by atoms with Crippen molar-refractivity contribution in [2.45, 2.75) is 36.8 Å². The molecule has 5 nitrogen and oxygen atoms in total. The third-order valence-corrected chi connectivity index (χ3v) is 6.97. The number of rotatable bonds is 4. The number of para-hydroxylation sites is 1. The zero-order valence-electron chi connectivity index (χ0n) is 17.1. The Balaban J connectivity index is 1.19. The van der Waals surface area contributed by atoms with Crippen LogP contribution in [-0.2, 0) is 9.53 Å². The molecule has 2 unspecified atom stereocenters. The summed E-state index contributed by atoms with van der Waals surface area (Å²) in [5.74, 6) is 0.289. The number of anilines is 1. The molecule has 1 amide bonds. The molecule has 3 aliphatic heterocycles. The summed E-state index contributed by atoms with van der Waals surface area (Å²) < 4.78 is 19.2. The minimum atomic E-state index is -0.439. The van der Waals surface area contributed by atoms with E-state index in [0.29, 0.717) is 19.2 Å². The zero-order valence-corrected chi connectivity index (χ0v) is 17.1. The Kier molecular flexibility index (Phi) is 5.21. The summed E-state index contributed by atoms with van der Waals surface area (Å²) in [4.78, 5) is 17.5. The van der Waals surface area contributed by atoms with Crippen LogP contribution in [0, 0.1) is 5.82 Å². The predicted molar refractivity (Wildman–Crippen MR) is 114 cm³/mol. The highest BCUT2D eigenvalue weighted by molar-refractivity contribution is 5.93. The SMILES string of the molecule is O=C1NCN(c2ccccc2)C12CCN(CC1CC(c3ccc(F)cc3)CO1)CC2. The van der Waals surface area contributed by atoms with E-state index in [0.717, 1.165) is 50.1 Å². The van der Waals surface area contributed by atoms with Gasteiger partial charge in [0.2, 0.25) is 5.91 Å². The Labute approximate surface area is 176 Å². The van der Waals surface area contributed by atoms with Gasteiger partial charge in [-0.05, 0) is 49.1 Å². The third kappa shape index (κ3) is 3.59. The normalized spacial score (nSPS) is 26.3. The van der Waals surface area contributed by atoms with Crippen molar-refractivity contribution in [2.75, 3.05) is 37.8 Å². The van der Waals surface area contributed by atoms with Crippen molar-refractivity contribution in [1.82, 2.24) is 10.2 Å². The van der Waals surface area contributed by atoms with Gasteiger partial charge in [0.05, 0.1) is 19.4 Å². The summed E-state index contributed by atoms with van der Waals surface area (Å²) in [7, 11) is 0. The molecule has 0 radical (unpaired) electrons. The van der Waals surface area contributed by atoms with E-state index in [4.69, 9.17) is 4.74 Å². The average molecular weight is 410 g/mol. The van der Waals surface area contributed by atoms with Gasteiger partial charge in [-0.1, -0.05) is 30.3 Å². The quantitative estimate of drug-likeness (QED) is 0.843. The largest absolute Gasteiger partial charge is 0.376 e. The Hall–Kier alpha value is -2.44. The molecule has 2 atom stereocenters. The lowest BCUT2D eigenvalue weighted by Crippen LogP contribution is -2.57. The Morgan fingerprint density at radius 1 is 1.07 bits per heavy atom. The number of piperidine rings is 1. The fourth-order valence-electron chi connectivity index (χ4n) is 5.23. The summed E-state index contributed by atoms with van der Waals surface area (Å²) in [5.41, 5.74) is 1.81. The van der Waals surface area contributed by atoms with E-state index < -0.39 is 5.54 Å². The number of carbonyl (C=O) groups excluding carboxylic acids is 1. The molecule has 0 saturated carbocycles. The average Bonchev–Trinajstić information content (AvgIpc) is 3.36. The first-order valence-corrected chi connectivity index (χ1v) is 10.8. The van der Waals surface area contributed by atoms with E-state index in [-0.39, 0.29) is 17.8 Å². The van der Waals surface area contributed by atoms with Crippen molar-refractivity contribution < 1.29 is 13.9 Å². The molecule has 30 heavy (non-hydrogen) atoms. The van der Waals surface area contributed by atoms with Gasteiger partial charge in [-0.15, -0.1) is 0 Å². The van der Waals surface area contributed by atoms with Crippen molar-refractivity contribution in [2.24, 2.45) is 0 Å². The number of carbonyl (C=O) groups is 1. The molecule has 3 fully saturated rings. The van der Waals surface area contributed by atoms with Gasteiger partial charge in [0.25, 0.3) is 0 Å². The van der Waals surface area contributed by atoms with Crippen LogP contribution in [0.2, 0.25) is 0 Å². The minimum Gasteiger partial charge on any atom is -0.376 e. The van der Waals surface area contributed by atoms with Crippen molar-refractivity contribution >= 4 is 11.6 Å². The molecule has 5 rings (SSSR count). The molecule has 3 heterocycles. The van der Waals surface area contributed by atoms with Crippen LogP contribution in [0.1, 0.15) is 30.7 Å². The second-order valence-electron chi connectivity index (χ2n) is 8.70. The van der Waals surface area contributed by atoms with Crippen LogP contribution in [0.15, 0.2) is 54.6 Å². The number of ether oxygens (including phenoxy) is 1. The van der Waals surface area contributed by atoms with Crippen LogP contribution in [-0.4, -0.2) is 55.4 Å². The number of hydrogen-bond acceptors (Lipinski definition) is 4. The Bertz CT molecular complexity index is 881. The zero-order chi connectivity index (χ0) is 20.6. The smallest absolute Gasteiger partial charge is 0.247 e. The number of amides is 1. The number of hydrogen-bond donors (Lipinski definition) is 1. The molecular formula is C24H28FN3O2. The molecular weight excluding hydrogens is 381 g/mol. The lowest BCUT2D eigenvalue weighted by molar-refractivity contribution is -0.125. The van der Waals surface area contributed by atoms with Gasteiger partial charge in [-0.25, -0.2) is 4.39 Å². The molecule has 6 heteroatoms. The first-order valence-electron chi connectivity index (χ1n) is 10.8. The second-order valence-corrected chi connectivity index (χ2v) is 8.70. The van der Waals surface area contributed by atoms with Crippen LogP contribution in [0.5, 0.6) is 0 Å². The molecule has 0 aliphatic carbocycles. The topological polar surface area (TPSA) is 44.8 Å².